The minimum Gasteiger partial charge on any atom is -0.336 e. The quantitative estimate of drug-likeness (QED) is 0.485. The normalized spacial score (nSPS) is 20.6. The Morgan fingerprint density at radius 3 is 2.58 bits per heavy atom. The van der Waals surface area contributed by atoms with Crippen molar-refractivity contribution in [2.75, 3.05) is 11.9 Å². The van der Waals surface area contributed by atoms with Gasteiger partial charge in [-0.25, -0.2) is 0 Å². The molecule has 2 atom stereocenters. The van der Waals surface area contributed by atoms with E-state index in [0.717, 1.165) is 17.4 Å². The molecular weight excluding hydrogens is 312 g/mol. The molecule has 1 amide bonds. The first-order valence-electron chi connectivity index (χ1n) is 6.12. The number of hydrogen-bond acceptors (Lipinski definition) is 3. The van der Waals surface area contributed by atoms with Gasteiger partial charge in [0.2, 0.25) is 5.91 Å². The third-order valence-corrected chi connectivity index (χ3v) is 4.43. The zero-order valence-corrected chi connectivity index (χ0v) is 12.2. The molecule has 1 fully saturated rings. The van der Waals surface area contributed by atoms with Crippen LogP contribution in [0.2, 0.25) is 0 Å². The molecule has 1 aliphatic rings. The molecular formula is C13H15BrN2O3. The van der Waals surface area contributed by atoms with Gasteiger partial charge in [0.15, 0.2) is 0 Å². The highest BCUT2D eigenvalue weighted by Gasteiger charge is 2.32. The van der Waals surface area contributed by atoms with E-state index < -0.39 is 4.92 Å². The van der Waals surface area contributed by atoms with Gasteiger partial charge in [-0.15, -0.1) is 0 Å². The number of rotatable bonds is 4. The van der Waals surface area contributed by atoms with E-state index in [1.165, 1.54) is 12.1 Å². The van der Waals surface area contributed by atoms with Crippen LogP contribution in [-0.2, 0) is 4.79 Å². The highest BCUT2D eigenvalue weighted by Crippen LogP contribution is 2.29. The molecule has 1 saturated heterocycles. The molecule has 1 aromatic carbocycles. The summed E-state index contributed by atoms with van der Waals surface area (Å²) in [6.07, 6.45) is 0.572. The van der Waals surface area contributed by atoms with Crippen LogP contribution in [0.25, 0.3) is 0 Å². The number of carbonyl (C=O) groups is 1. The fourth-order valence-corrected chi connectivity index (χ4v) is 2.77. The number of carbonyl (C=O) groups excluding carboxylic acids is 1. The van der Waals surface area contributed by atoms with Gasteiger partial charge in [0.05, 0.1) is 11.0 Å². The summed E-state index contributed by atoms with van der Waals surface area (Å²) in [7, 11) is 0. The third-order valence-electron chi connectivity index (χ3n) is 3.51. The number of non-ortho nitro benzene ring substituents is 1. The molecule has 5 nitrogen and oxygen atoms in total. The maximum absolute atomic E-state index is 11.9. The molecule has 0 N–H and O–H groups in total. The minimum absolute atomic E-state index is 0.0441. The molecule has 19 heavy (non-hydrogen) atoms. The van der Waals surface area contributed by atoms with E-state index in [4.69, 9.17) is 0 Å². The number of halogens is 1. The number of nitro benzene ring substituents is 1. The van der Waals surface area contributed by atoms with Crippen LogP contribution in [0.3, 0.4) is 0 Å². The minimum atomic E-state index is -0.420. The first kappa shape index (κ1) is 14.0. The molecule has 1 aliphatic heterocycles. The summed E-state index contributed by atoms with van der Waals surface area (Å²) in [6, 6.07) is 6.36. The fourth-order valence-electron chi connectivity index (χ4n) is 2.34. The van der Waals surface area contributed by atoms with Crippen LogP contribution >= 0.6 is 15.9 Å². The second kappa shape index (κ2) is 5.69. The van der Waals surface area contributed by atoms with Gasteiger partial charge in [-0.1, -0.05) is 28.1 Å². The molecule has 1 heterocycles. The molecule has 0 bridgehead atoms. The summed E-state index contributed by atoms with van der Waals surface area (Å²) in [5.74, 6) is 0.503. The Labute approximate surface area is 119 Å². The predicted molar refractivity (Wildman–Crippen MR) is 75.1 cm³/mol. The smallest absolute Gasteiger partial charge is 0.269 e. The number of amides is 1. The number of benzene rings is 1. The van der Waals surface area contributed by atoms with Crippen LogP contribution in [0.15, 0.2) is 24.3 Å². The largest absolute Gasteiger partial charge is 0.336 e. The van der Waals surface area contributed by atoms with Crippen molar-refractivity contribution in [2.24, 2.45) is 5.92 Å². The highest BCUT2D eigenvalue weighted by molar-refractivity contribution is 9.09. The van der Waals surface area contributed by atoms with Gasteiger partial charge in [0.25, 0.3) is 5.69 Å². The molecule has 1 aromatic rings. The lowest BCUT2D eigenvalue weighted by Crippen LogP contribution is -2.28. The van der Waals surface area contributed by atoms with E-state index in [1.54, 1.807) is 12.1 Å². The Bertz CT molecular complexity index is 489. The second-order valence-electron chi connectivity index (χ2n) is 4.80. The standard InChI is InChI=1S/C13H15BrN2O3/c1-9(15-8-10(7-14)6-13(15)17)11-2-4-12(5-3-11)16(18)19/h2-5,9-10H,6-8H2,1H3/t9-,10?/m0/s1. The van der Waals surface area contributed by atoms with Crippen LogP contribution in [0, 0.1) is 16.0 Å². The molecule has 0 aromatic heterocycles. The number of likely N-dealkylation sites (tertiary alicyclic amines) is 1. The average molecular weight is 327 g/mol. The number of nitrogens with zero attached hydrogens (tertiary/aromatic N) is 2. The molecule has 0 saturated carbocycles. The summed E-state index contributed by atoms with van der Waals surface area (Å²) in [5.41, 5.74) is 0.996. The molecule has 0 spiro atoms. The Hall–Kier alpha value is -1.43. The van der Waals surface area contributed by atoms with Gasteiger partial charge in [-0.2, -0.15) is 0 Å². The van der Waals surface area contributed by atoms with Crippen molar-refractivity contribution in [3.05, 3.63) is 39.9 Å². The van der Waals surface area contributed by atoms with Crippen LogP contribution in [-0.4, -0.2) is 27.6 Å². The average Bonchev–Trinajstić information content (AvgIpc) is 2.79. The topological polar surface area (TPSA) is 63.5 Å². The fraction of sp³-hybridized carbons (Fsp3) is 0.462. The van der Waals surface area contributed by atoms with E-state index in [2.05, 4.69) is 15.9 Å². The number of hydrogen-bond donors (Lipinski definition) is 0. The van der Waals surface area contributed by atoms with E-state index in [9.17, 15) is 14.9 Å². The summed E-state index contributed by atoms with van der Waals surface area (Å²) in [5, 5.41) is 11.4. The van der Waals surface area contributed by atoms with Gasteiger partial charge < -0.3 is 4.90 Å². The van der Waals surface area contributed by atoms with Crippen LogP contribution in [0.1, 0.15) is 24.9 Å². The van der Waals surface area contributed by atoms with Crippen molar-refractivity contribution in [3.8, 4) is 0 Å². The van der Waals surface area contributed by atoms with E-state index in [0.29, 0.717) is 12.3 Å². The predicted octanol–water partition coefficient (Wildman–Crippen LogP) is 2.90. The van der Waals surface area contributed by atoms with E-state index in [-0.39, 0.29) is 17.6 Å². The first-order valence-corrected chi connectivity index (χ1v) is 7.25. The molecule has 6 heteroatoms. The summed E-state index contributed by atoms with van der Waals surface area (Å²) in [4.78, 5) is 24.0. The molecule has 2 rings (SSSR count). The number of nitro groups is 1. The van der Waals surface area contributed by atoms with Gasteiger partial charge in [0.1, 0.15) is 0 Å². The highest BCUT2D eigenvalue weighted by atomic mass is 79.9. The lowest BCUT2D eigenvalue weighted by molar-refractivity contribution is -0.384. The van der Waals surface area contributed by atoms with Crippen molar-refractivity contribution in [1.82, 2.24) is 4.90 Å². The Morgan fingerprint density at radius 1 is 1.47 bits per heavy atom. The van der Waals surface area contributed by atoms with Crippen molar-refractivity contribution < 1.29 is 9.72 Å². The van der Waals surface area contributed by atoms with Crippen LogP contribution in [0.5, 0.6) is 0 Å². The summed E-state index contributed by atoms with van der Waals surface area (Å²) in [6.45, 7) is 2.69. The van der Waals surface area contributed by atoms with Crippen molar-refractivity contribution in [3.63, 3.8) is 0 Å². The monoisotopic (exact) mass is 326 g/mol. The molecule has 0 radical (unpaired) electrons. The van der Waals surface area contributed by atoms with Crippen molar-refractivity contribution in [1.29, 1.82) is 0 Å². The second-order valence-corrected chi connectivity index (χ2v) is 5.44. The SMILES string of the molecule is C[C@@H](c1ccc([N+](=O)[O-])cc1)N1CC(CBr)CC1=O. The summed E-state index contributed by atoms with van der Waals surface area (Å²) < 4.78 is 0. The lowest BCUT2D eigenvalue weighted by atomic mass is 10.1. The maximum atomic E-state index is 11.9. The number of alkyl halides is 1. The maximum Gasteiger partial charge on any atom is 0.269 e. The van der Waals surface area contributed by atoms with E-state index >= 15 is 0 Å². The molecule has 1 unspecified atom stereocenters. The van der Waals surface area contributed by atoms with Gasteiger partial charge in [0, 0.05) is 30.4 Å². The van der Waals surface area contributed by atoms with Gasteiger partial charge >= 0.3 is 0 Å². The van der Waals surface area contributed by atoms with Crippen LogP contribution in [0.4, 0.5) is 5.69 Å². The Kier molecular flexibility index (Phi) is 4.19. The Morgan fingerprint density at radius 2 is 2.11 bits per heavy atom. The van der Waals surface area contributed by atoms with E-state index in [1.807, 2.05) is 11.8 Å². The van der Waals surface area contributed by atoms with Crippen molar-refractivity contribution in [2.45, 2.75) is 19.4 Å². The molecule has 102 valence electrons. The zero-order valence-electron chi connectivity index (χ0n) is 10.6. The molecule has 0 aliphatic carbocycles. The first-order chi connectivity index (χ1) is 9.02. The zero-order chi connectivity index (χ0) is 14.0. The third kappa shape index (κ3) is 2.94. The van der Waals surface area contributed by atoms with Gasteiger partial charge in [-0.3, -0.25) is 14.9 Å². The Balaban J connectivity index is 2.13. The van der Waals surface area contributed by atoms with Crippen LogP contribution < -0.4 is 0 Å². The lowest BCUT2D eigenvalue weighted by Gasteiger charge is -2.25. The van der Waals surface area contributed by atoms with Crippen molar-refractivity contribution >= 4 is 27.5 Å². The summed E-state index contributed by atoms with van der Waals surface area (Å²) >= 11 is 3.41. The van der Waals surface area contributed by atoms with Gasteiger partial charge in [-0.05, 0) is 18.4 Å².